The number of Topliss-reactive ketones (excluding diaryl/α,β-unsaturated/α-hetero) is 1. The number of benzene rings is 1. The van der Waals surface area contributed by atoms with Gasteiger partial charge in [0.05, 0.1) is 0 Å². The molecular formula is C14H16O. The Morgan fingerprint density at radius 1 is 1.27 bits per heavy atom. The number of rotatable bonds is 2. The molecule has 1 atom stereocenters. The molecular weight excluding hydrogens is 184 g/mol. The lowest BCUT2D eigenvalue weighted by molar-refractivity contribution is -0.113. The summed E-state index contributed by atoms with van der Waals surface area (Å²) in [5.74, 6) is 0.572. The molecule has 1 heteroatoms. The average Bonchev–Trinajstić information content (AvgIpc) is 2.61. The Bertz CT molecular complexity index is 401. The molecule has 0 spiro atoms. The number of carbonyl (C=O) groups is 1. The second kappa shape index (κ2) is 4.01. The number of hydrogen-bond donors (Lipinski definition) is 0. The Kier molecular flexibility index (Phi) is 2.72. The summed E-state index contributed by atoms with van der Waals surface area (Å²) < 4.78 is 0. The van der Waals surface area contributed by atoms with Crippen molar-refractivity contribution in [3.05, 3.63) is 47.0 Å². The van der Waals surface area contributed by atoms with Gasteiger partial charge in [0.25, 0.3) is 0 Å². The lowest BCUT2D eigenvalue weighted by Gasteiger charge is -2.13. The molecule has 0 radical (unpaired) electrons. The van der Waals surface area contributed by atoms with Crippen molar-refractivity contribution in [2.45, 2.75) is 32.6 Å². The molecule has 1 aromatic rings. The van der Waals surface area contributed by atoms with Crippen molar-refractivity contribution < 1.29 is 4.79 Å². The Labute approximate surface area is 90.8 Å². The third-order valence-electron chi connectivity index (χ3n) is 3.20. The van der Waals surface area contributed by atoms with Crippen LogP contribution >= 0.6 is 0 Å². The predicted molar refractivity (Wildman–Crippen MR) is 61.8 cm³/mol. The molecule has 15 heavy (non-hydrogen) atoms. The van der Waals surface area contributed by atoms with Gasteiger partial charge in [0.2, 0.25) is 0 Å². The van der Waals surface area contributed by atoms with Crippen LogP contribution in [0.1, 0.15) is 38.2 Å². The zero-order valence-electron chi connectivity index (χ0n) is 9.29. The van der Waals surface area contributed by atoms with Crippen molar-refractivity contribution >= 4 is 5.78 Å². The Morgan fingerprint density at radius 3 is 2.53 bits per heavy atom. The van der Waals surface area contributed by atoms with Gasteiger partial charge in [-0.2, -0.15) is 0 Å². The molecule has 1 aliphatic rings. The van der Waals surface area contributed by atoms with E-state index in [-0.39, 0.29) is 5.78 Å². The molecule has 1 aromatic carbocycles. The van der Waals surface area contributed by atoms with E-state index in [9.17, 15) is 4.79 Å². The standard InChI is InChI=1S/C14H16O/c1-10-8-9-13(14(10)11(2)15)12-6-4-3-5-7-12/h3-7,13H,8-9H2,1-2H3. The highest BCUT2D eigenvalue weighted by Crippen LogP contribution is 2.39. The zero-order chi connectivity index (χ0) is 10.8. The predicted octanol–water partition coefficient (Wildman–Crippen LogP) is 3.47. The Morgan fingerprint density at radius 2 is 1.93 bits per heavy atom. The maximum absolute atomic E-state index is 11.6. The molecule has 2 rings (SSSR count). The van der Waals surface area contributed by atoms with Gasteiger partial charge in [0.1, 0.15) is 0 Å². The van der Waals surface area contributed by atoms with Gasteiger partial charge in [-0.15, -0.1) is 0 Å². The summed E-state index contributed by atoms with van der Waals surface area (Å²) in [5.41, 5.74) is 3.59. The fourth-order valence-corrected chi connectivity index (χ4v) is 2.50. The fourth-order valence-electron chi connectivity index (χ4n) is 2.50. The van der Waals surface area contributed by atoms with Crippen molar-refractivity contribution in [2.75, 3.05) is 0 Å². The van der Waals surface area contributed by atoms with Gasteiger partial charge in [-0.1, -0.05) is 35.9 Å². The molecule has 1 nitrogen and oxygen atoms in total. The monoisotopic (exact) mass is 200 g/mol. The topological polar surface area (TPSA) is 17.1 Å². The molecule has 1 unspecified atom stereocenters. The quantitative estimate of drug-likeness (QED) is 0.714. The molecule has 0 saturated carbocycles. The largest absolute Gasteiger partial charge is 0.295 e. The van der Waals surface area contributed by atoms with E-state index in [1.54, 1.807) is 6.92 Å². The van der Waals surface area contributed by atoms with Gasteiger partial charge in [-0.3, -0.25) is 4.79 Å². The minimum atomic E-state index is 0.235. The third-order valence-corrected chi connectivity index (χ3v) is 3.20. The first-order chi connectivity index (χ1) is 7.20. The summed E-state index contributed by atoms with van der Waals surface area (Å²) in [6.07, 6.45) is 2.15. The summed E-state index contributed by atoms with van der Waals surface area (Å²) in [7, 11) is 0. The van der Waals surface area contributed by atoms with E-state index < -0.39 is 0 Å². The fraction of sp³-hybridized carbons (Fsp3) is 0.357. The third kappa shape index (κ3) is 1.87. The maximum Gasteiger partial charge on any atom is 0.156 e. The second-order valence-corrected chi connectivity index (χ2v) is 4.25. The zero-order valence-corrected chi connectivity index (χ0v) is 9.29. The molecule has 0 bridgehead atoms. The van der Waals surface area contributed by atoms with E-state index in [1.165, 1.54) is 11.1 Å². The van der Waals surface area contributed by atoms with Crippen LogP contribution in [0.5, 0.6) is 0 Å². The average molecular weight is 200 g/mol. The van der Waals surface area contributed by atoms with Crippen LogP contribution in [0.4, 0.5) is 0 Å². The maximum atomic E-state index is 11.6. The van der Waals surface area contributed by atoms with Gasteiger partial charge in [0, 0.05) is 11.5 Å². The number of ketones is 1. The van der Waals surface area contributed by atoms with Gasteiger partial charge in [0.15, 0.2) is 5.78 Å². The van der Waals surface area contributed by atoms with Crippen LogP contribution in [0.15, 0.2) is 41.5 Å². The van der Waals surface area contributed by atoms with Crippen molar-refractivity contribution in [1.29, 1.82) is 0 Å². The Balaban J connectivity index is 2.37. The normalized spacial score (nSPS) is 20.8. The van der Waals surface area contributed by atoms with E-state index >= 15 is 0 Å². The van der Waals surface area contributed by atoms with Crippen LogP contribution in [0.2, 0.25) is 0 Å². The highest BCUT2D eigenvalue weighted by Gasteiger charge is 2.27. The second-order valence-electron chi connectivity index (χ2n) is 4.25. The van der Waals surface area contributed by atoms with E-state index in [4.69, 9.17) is 0 Å². The molecule has 0 heterocycles. The van der Waals surface area contributed by atoms with E-state index in [1.807, 2.05) is 18.2 Å². The summed E-state index contributed by atoms with van der Waals surface area (Å²) in [6.45, 7) is 3.76. The molecule has 1 aliphatic carbocycles. The van der Waals surface area contributed by atoms with E-state index in [0.717, 1.165) is 18.4 Å². The summed E-state index contributed by atoms with van der Waals surface area (Å²) >= 11 is 0. The number of carbonyl (C=O) groups excluding carboxylic acids is 1. The summed E-state index contributed by atoms with van der Waals surface area (Å²) in [6, 6.07) is 10.3. The van der Waals surface area contributed by atoms with Crippen LogP contribution in [-0.2, 0) is 4.79 Å². The molecule has 78 valence electrons. The summed E-state index contributed by atoms with van der Waals surface area (Å²) in [4.78, 5) is 11.6. The molecule has 0 amide bonds. The number of allylic oxidation sites excluding steroid dienone is 2. The molecule has 0 aliphatic heterocycles. The minimum Gasteiger partial charge on any atom is -0.295 e. The van der Waals surface area contributed by atoms with Gasteiger partial charge in [-0.25, -0.2) is 0 Å². The van der Waals surface area contributed by atoms with Crippen LogP contribution in [0, 0.1) is 0 Å². The van der Waals surface area contributed by atoms with Crippen LogP contribution in [-0.4, -0.2) is 5.78 Å². The van der Waals surface area contributed by atoms with E-state index in [0.29, 0.717) is 5.92 Å². The van der Waals surface area contributed by atoms with E-state index in [2.05, 4.69) is 19.1 Å². The molecule has 0 fully saturated rings. The van der Waals surface area contributed by atoms with Crippen LogP contribution in [0.25, 0.3) is 0 Å². The van der Waals surface area contributed by atoms with Crippen LogP contribution < -0.4 is 0 Å². The SMILES string of the molecule is CC(=O)C1=C(C)CCC1c1ccccc1. The highest BCUT2D eigenvalue weighted by atomic mass is 16.1. The first kappa shape index (κ1) is 10.2. The molecule has 0 saturated heterocycles. The lowest BCUT2D eigenvalue weighted by Crippen LogP contribution is -2.05. The lowest BCUT2D eigenvalue weighted by atomic mass is 9.90. The minimum absolute atomic E-state index is 0.235. The first-order valence-corrected chi connectivity index (χ1v) is 5.45. The van der Waals surface area contributed by atoms with Crippen molar-refractivity contribution in [3.8, 4) is 0 Å². The van der Waals surface area contributed by atoms with Crippen molar-refractivity contribution in [1.82, 2.24) is 0 Å². The van der Waals surface area contributed by atoms with Gasteiger partial charge < -0.3 is 0 Å². The first-order valence-electron chi connectivity index (χ1n) is 5.45. The highest BCUT2D eigenvalue weighted by molar-refractivity contribution is 5.96. The Hall–Kier alpha value is -1.37. The number of hydrogen-bond acceptors (Lipinski definition) is 1. The molecule has 0 aromatic heterocycles. The van der Waals surface area contributed by atoms with Gasteiger partial charge in [-0.05, 0) is 32.3 Å². The smallest absolute Gasteiger partial charge is 0.156 e. The van der Waals surface area contributed by atoms with Gasteiger partial charge >= 0.3 is 0 Å². The van der Waals surface area contributed by atoms with Crippen LogP contribution in [0.3, 0.4) is 0 Å². The van der Waals surface area contributed by atoms with Crippen molar-refractivity contribution in [3.63, 3.8) is 0 Å². The molecule has 0 N–H and O–H groups in total. The summed E-state index contributed by atoms with van der Waals surface area (Å²) in [5, 5.41) is 0. The van der Waals surface area contributed by atoms with Crippen molar-refractivity contribution in [2.24, 2.45) is 0 Å².